The van der Waals surface area contributed by atoms with E-state index < -0.39 is 0 Å². The van der Waals surface area contributed by atoms with Gasteiger partial charge in [0.05, 0.1) is 7.11 Å². The summed E-state index contributed by atoms with van der Waals surface area (Å²) in [4.78, 5) is 17.1. The third-order valence-electron chi connectivity index (χ3n) is 5.65. The Balaban J connectivity index is 1.71. The van der Waals surface area contributed by atoms with Gasteiger partial charge in [-0.3, -0.25) is 9.78 Å². The Kier molecular flexibility index (Phi) is 6.68. The first-order chi connectivity index (χ1) is 13.5. The Hall–Kier alpha value is -2.40. The summed E-state index contributed by atoms with van der Waals surface area (Å²) in [6, 6.07) is 10.8. The van der Waals surface area contributed by atoms with Crippen LogP contribution >= 0.6 is 0 Å². The van der Waals surface area contributed by atoms with E-state index in [9.17, 15) is 4.79 Å². The second-order valence-corrected chi connectivity index (χ2v) is 7.72. The molecule has 1 amide bonds. The van der Waals surface area contributed by atoms with Crippen molar-refractivity contribution in [2.75, 3.05) is 14.2 Å². The summed E-state index contributed by atoms with van der Waals surface area (Å²) in [5.74, 6) is 1.06. The van der Waals surface area contributed by atoms with Gasteiger partial charge in [0.2, 0.25) is 5.91 Å². The molecule has 0 saturated heterocycles. The number of carbonyl (C=O) groups is 1. The zero-order valence-corrected chi connectivity index (χ0v) is 17.3. The van der Waals surface area contributed by atoms with Crippen molar-refractivity contribution in [1.82, 2.24) is 15.6 Å². The van der Waals surface area contributed by atoms with Crippen LogP contribution in [0.1, 0.15) is 42.6 Å². The number of carbonyl (C=O) groups excluding carboxylic acids is 1. The molecule has 1 saturated carbocycles. The number of nitrogens with zero attached hydrogens (tertiary/aromatic N) is 1. The Morgan fingerprint density at radius 1 is 1.07 bits per heavy atom. The molecule has 150 valence electrons. The van der Waals surface area contributed by atoms with Gasteiger partial charge in [-0.05, 0) is 82.0 Å². The van der Waals surface area contributed by atoms with Crippen LogP contribution in [0.3, 0.4) is 0 Å². The molecule has 0 unspecified atom stereocenters. The predicted molar refractivity (Wildman–Crippen MR) is 112 cm³/mol. The maximum atomic E-state index is 12.6. The van der Waals surface area contributed by atoms with Crippen molar-refractivity contribution in [3.8, 4) is 16.9 Å². The second-order valence-electron chi connectivity index (χ2n) is 7.72. The number of hydrogen-bond donors (Lipinski definition) is 2. The van der Waals surface area contributed by atoms with Crippen molar-refractivity contribution >= 4 is 5.91 Å². The Morgan fingerprint density at radius 2 is 1.75 bits per heavy atom. The monoisotopic (exact) mass is 381 g/mol. The Morgan fingerprint density at radius 3 is 2.36 bits per heavy atom. The highest BCUT2D eigenvalue weighted by molar-refractivity contribution is 5.79. The van der Waals surface area contributed by atoms with E-state index in [1.165, 1.54) is 0 Å². The van der Waals surface area contributed by atoms with Crippen molar-refractivity contribution < 1.29 is 9.53 Å². The van der Waals surface area contributed by atoms with Crippen LogP contribution in [0.4, 0.5) is 0 Å². The van der Waals surface area contributed by atoms with Crippen LogP contribution in [0.15, 0.2) is 30.3 Å². The molecule has 0 aliphatic heterocycles. The molecule has 5 nitrogen and oxygen atoms in total. The molecule has 3 rings (SSSR count). The first kappa shape index (κ1) is 20.3. The third kappa shape index (κ3) is 4.90. The van der Waals surface area contributed by atoms with E-state index in [4.69, 9.17) is 4.74 Å². The number of hydrogen-bond acceptors (Lipinski definition) is 4. The van der Waals surface area contributed by atoms with Crippen LogP contribution in [0.5, 0.6) is 5.75 Å². The summed E-state index contributed by atoms with van der Waals surface area (Å²) >= 11 is 0. The highest BCUT2D eigenvalue weighted by atomic mass is 16.5. The fraction of sp³-hybridized carbons (Fsp3) is 0.478. The van der Waals surface area contributed by atoms with Gasteiger partial charge in [0, 0.05) is 35.5 Å². The highest BCUT2D eigenvalue weighted by Gasteiger charge is 2.25. The fourth-order valence-corrected chi connectivity index (χ4v) is 4.07. The van der Waals surface area contributed by atoms with Crippen molar-refractivity contribution in [2.45, 2.75) is 52.1 Å². The number of aryl methyl sites for hydroxylation is 2. The van der Waals surface area contributed by atoms with Crippen LogP contribution in [-0.2, 0) is 11.3 Å². The molecule has 1 aliphatic rings. The van der Waals surface area contributed by atoms with Gasteiger partial charge in [-0.15, -0.1) is 0 Å². The summed E-state index contributed by atoms with van der Waals surface area (Å²) in [6.07, 6.45) is 4.02. The van der Waals surface area contributed by atoms with Crippen molar-refractivity contribution in [3.05, 3.63) is 47.3 Å². The van der Waals surface area contributed by atoms with E-state index in [2.05, 4.69) is 39.9 Å². The quantitative estimate of drug-likeness (QED) is 0.800. The molecule has 0 atom stereocenters. The fourth-order valence-electron chi connectivity index (χ4n) is 4.07. The van der Waals surface area contributed by atoms with Gasteiger partial charge in [0.15, 0.2) is 0 Å². The van der Waals surface area contributed by atoms with Gasteiger partial charge in [-0.2, -0.15) is 0 Å². The van der Waals surface area contributed by atoms with Crippen LogP contribution in [-0.4, -0.2) is 31.1 Å². The van der Waals surface area contributed by atoms with Crippen LogP contribution in [0.2, 0.25) is 0 Å². The maximum Gasteiger partial charge on any atom is 0.223 e. The third-order valence-corrected chi connectivity index (χ3v) is 5.65. The first-order valence-corrected chi connectivity index (χ1v) is 10.1. The normalized spacial score (nSPS) is 19.3. The van der Waals surface area contributed by atoms with E-state index in [1.54, 1.807) is 7.11 Å². The number of nitrogens with one attached hydrogen (secondary N) is 2. The van der Waals surface area contributed by atoms with Crippen LogP contribution in [0, 0.1) is 19.8 Å². The predicted octanol–water partition coefficient (Wildman–Crippen LogP) is 3.77. The molecule has 1 aromatic heterocycles. The molecule has 5 heteroatoms. The van der Waals surface area contributed by atoms with Crippen molar-refractivity contribution in [1.29, 1.82) is 0 Å². The van der Waals surface area contributed by atoms with Crippen molar-refractivity contribution in [3.63, 3.8) is 0 Å². The topological polar surface area (TPSA) is 63.2 Å². The SMILES string of the molecule is CNC1CCC(C(=O)NCc2cc(-c3cc(C)nc(C)c3)ccc2OC)CC1. The lowest BCUT2D eigenvalue weighted by atomic mass is 9.85. The minimum absolute atomic E-state index is 0.115. The largest absolute Gasteiger partial charge is 0.496 e. The molecule has 1 aliphatic carbocycles. The van der Waals surface area contributed by atoms with E-state index in [1.807, 2.05) is 27.0 Å². The molecular formula is C23H31N3O2. The lowest BCUT2D eigenvalue weighted by Gasteiger charge is -2.27. The number of methoxy groups -OCH3 is 1. The van der Waals surface area contributed by atoms with E-state index in [-0.39, 0.29) is 11.8 Å². The summed E-state index contributed by atoms with van der Waals surface area (Å²) < 4.78 is 5.52. The molecule has 28 heavy (non-hydrogen) atoms. The number of aromatic nitrogens is 1. The zero-order valence-electron chi connectivity index (χ0n) is 17.3. The standard InChI is InChI=1S/C23H31N3O2/c1-15-11-19(12-16(2)26-15)18-7-10-22(28-4)20(13-18)14-25-23(27)17-5-8-21(24-3)9-6-17/h7,10-13,17,21,24H,5-6,8-9,14H2,1-4H3,(H,25,27). The number of benzene rings is 1. The van der Waals surface area contributed by atoms with Crippen LogP contribution in [0.25, 0.3) is 11.1 Å². The number of amides is 1. The summed E-state index contributed by atoms with van der Waals surface area (Å²) in [5.41, 5.74) is 5.22. The highest BCUT2D eigenvalue weighted by Crippen LogP contribution is 2.28. The molecule has 2 aromatic rings. The lowest BCUT2D eigenvalue weighted by Crippen LogP contribution is -2.37. The number of rotatable bonds is 6. The minimum atomic E-state index is 0.115. The van der Waals surface area contributed by atoms with Gasteiger partial charge < -0.3 is 15.4 Å². The maximum absolute atomic E-state index is 12.6. The number of pyridine rings is 1. The van der Waals surface area contributed by atoms with Gasteiger partial charge >= 0.3 is 0 Å². The zero-order chi connectivity index (χ0) is 20.1. The molecular weight excluding hydrogens is 350 g/mol. The van der Waals surface area contributed by atoms with E-state index in [0.29, 0.717) is 12.6 Å². The molecule has 1 heterocycles. The Labute approximate surface area is 167 Å². The van der Waals surface area contributed by atoms with Crippen LogP contribution < -0.4 is 15.4 Å². The molecule has 0 radical (unpaired) electrons. The lowest BCUT2D eigenvalue weighted by molar-refractivity contribution is -0.126. The van der Waals surface area contributed by atoms with E-state index in [0.717, 1.165) is 59.5 Å². The Bertz CT molecular complexity index is 806. The summed E-state index contributed by atoms with van der Waals surface area (Å²) in [6.45, 7) is 4.48. The molecule has 0 bridgehead atoms. The molecule has 1 aromatic carbocycles. The minimum Gasteiger partial charge on any atom is -0.496 e. The molecule has 0 spiro atoms. The first-order valence-electron chi connectivity index (χ1n) is 10.1. The van der Waals surface area contributed by atoms with E-state index >= 15 is 0 Å². The summed E-state index contributed by atoms with van der Waals surface area (Å²) in [7, 11) is 3.66. The van der Waals surface area contributed by atoms with Gasteiger partial charge in [-0.25, -0.2) is 0 Å². The van der Waals surface area contributed by atoms with Gasteiger partial charge in [-0.1, -0.05) is 6.07 Å². The molecule has 2 N–H and O–H groups in total. The number of ether oxygens (including phenoxy) is 1. The average Bonchev–Trinajstić information content (AvgIpc) is 2.71. The van der Waals surface area contributed by atoms with Gasteiger partial charge in [0.25, 0.3) is 0 Å². The average molecular weight is 382 g/mol. The summed E-state index contributed by atoms with van der Waals surface area (Å²) in [5, 5.41) is 6.44. The van der Waals surface area contributed by atoms with Crippen molar-refractivity contribution in [2.24, 2.45) is 5.92 Å². The van der Waals surface area contributed by atoms with Gasteiger partial charge in [0.1, 0.15) is 5.75 Å². The molecule has 1 fully saturated rings. The second kappa shape index (κ2) is 9.20. The smallest absolute Gasteiger partial charge is 0.223 e.